The predicted molar refractivity (Wildman–Crippen MR) is 143 cm³/mol. The molecule has 1 aliphatic carbocycles. The standard InChI is InChI=1S/C28H33N3O3S/c1-3-34-22-12-10-21(11-13-22)30-27(33)26-23-14-9-19(2)17-24(23)35-28(26)31-25(32)18-29-16-15-20-7-5-4-6-8-20/h4-8,10-13,19,29H,3,9,14-18H2,1-2H3,(H,30,33)(H,31,32)/t19-/m1/s1. The zero-order valence-electron chi connectivity index (χ0n) is 20.4. The van der Waals surface area contributed by atoms with Gasteiger partial charge in [0.05, 0.1) is 18.7 Å². The lowest BCUT2D eigenvalue weighted by molar-refractivity contribution is -0.115. The Morgan fingerprint density at radius 2 is 1.83 bits per heavy atom. The number of carbonyl (C=O) groups is 2. The topological polar surface area (TPSA) is 79.5 Å². The van der Waals surface area contributed by atoms with Gasteiger partial charge < -0.3 is 20.7 Å². The molecular formula is C28H33N3O3S. The molecule has 2 aromatic carbocycles. The second-order valence-corrected chi connectivity index (χ2v) is 10.0. The van der Waals surface area contributed by atoms with Crippen LogP contribution in [0.4, 0.5) is 10.7 Å². The normalized spacial score (nSPS) is 14.7. The number of ether oxygens (including phenoxy) is 1. The molecule has 0 saturated heterocycles. The van der Waals surface area contributed by atoms with Gasteiger partial charge in [-0.2, -0.15) is 0 Å². The molecule has 0 radical (unpaired) electrons. The lowest BCUT2D eigenvalue weighted by atomic mass is 9.88. The number of thiophene rings is 1. The summed E-state index contributed by atoms with van der Waals surface area (Å²) in [4.78, 5) is 27.3. The molecule has 2 amide bonds. The highest BCUT2D eigenvalue weighted by Gasteiger charge is 2.28. The van der Waals surface area contributed by atoms with E-state index in [4.69, 9.17) is 4.74 Å². The van der Waals surface area contributed by atoms with Crippen LogP contribution in [0.5, 0.6) is 5.75 Å². The lowest BCUT2D eigenvalue weighted by Crippen LogP contribution is -2.30. The summed E-state index contributed by atoms with van der Waals surface area (Å²) in [5, 5.41) is 9.86. The zero-order chi connectivity index (χ0) is 24.6. The van der Waals surface area contributed by atoms with Crippen molar-refractivity contribution >= 4 is 33.8 Å². The Labute approximate surface area is 211 Å². The summed E-state index contributed by atoms with van der Waals surface area (Å²) >= 11 is 1.54. The number of anilines is 2. The third-order valence-electron chi connectivity index (χ3n) is 6.13. The molecule has 0 saturated carbocycles. The third-order valence-corrected chi connectivity index (χ3v) is 7.30. The maximum Gasteiger partial charge on any atom is 0.258 e. The van der Waals surface area contributed by atoms with Crippen LogP contribution in [-0.2, 0) is 24.1 Å². The Kier molecular flexibility index (Phi) is 8.55. The minimum absolute atomic E-state index is 0.139. The van der Waals surface area contributed by atoms with E-state index in [0.29, 0.717) is 35.3 Å². The van der Waals surface area contributed by atoms with E-state index in [9.17, 15) is 9.59 Å². The largest absolute Gasteiger partial charge is 0.494 e. The monoisotopic (exact) mass is 491 g/mol. The number of hydrogen-bond donors (Lipinski definition) is 3. The fourth-order valence-electron chi connectivity index (χ4n) is 4.32. The molecule has 1 aromatic heterocycles. The first-order chi connectivity index (χ1) is 17.0. The highest BCUT2D eigenvalue weighted by molar-refractivity contribution is 7.17. The average molecular weight is 492 g/mol. The van der Waals surface area contributed by atoms with Crippen LogP contribution in [-0.4, -0.2) is 31.5 Å². The SMILES string of the molecule is CCOc1ccc(NC(=O)c2c(NC(=O)CNCCc3ccccc3)sc3c2CC[C@@H](C)C3)cc1. The predicted octanol–water partition coefficient (Wildman–Crippen LogP) is 5.29. The maximum absolute atomic E-state index is 13.4. The van der Waals surface area contributed by atoms with Crippen molar-refractivity contribution in [2.45, 2.75) is 39.5 Å². The van der Waals surface area contributed by atoms with Gasteiger partial charge in [0.1, 0.15) is 10.8 Å². The van der Waals surface area contributed by atoms with E-state index in [1.807, 2.05) is 49.4 Å². The molecule has 1 atom stereocenters. The Morgan fingerprint density at radius 3 is 2.57 bits per heavy atom. The lowest BCUT2D eigenvalue weighted by Gasteiger charge is -2.18. The Hall–Kier alpha value is -3.16. The summed E-state index contributed by atoms with van der Waals surface area (Å²) in [6.45, 7) is 5.67. The van der Waals surface area contributed by atoms with Gasteiger partial charge in [0, 0.05) is 10.6 Å². The van der Waals surface area contributed by atoms with Gasteiger partial charge in [-0.25, -0.2) is 0 Å². The first kappa shape index (κ1) is 24.9. The van der Waals surface area contributed by atoms with Crippen molar-refractivity contribution in [3.8, 4) is 5.75 Å². The van der Waals surface area contributed by atoms with E-state index in [1.165, 1.54) is 21.8 Å². The molecule has 6 nitrogen and oxygen atoms in total. The van der Waals surface area contributed by atoms with Crippen molar-refractivity contribution in [1.82, 2.24) is 5.32 Å². The number of nitrogens with one attached hydrogen (secondary N) is 3. The minimum atomic E-state index is -0.187. The van der Waals surface area contributed by atoms with Gasteiger partial charge in [0.15, 0.2) is 0 Å². The molecule has 0 aliphatic heterocycles. The summed E-state index contributed by atoms with van der Waals surface area (Å²) in [6.07, 6.45) is 3.69. The van der Waals surface area contributed by atoms with Crippen LogP contribution in [0.1, 0.15) is 46.6 Å². The van der Waals surface area contributed by atoms with E-state index in [-0.39, 0.29) is 18.4 Å². The molecule has 184 valence electrons. The third kappa shape index (κ3) is 6.71. The summed E-state index contributed by atoms with van der Waals surface area (Å²) in [5.74, 6) is 1.01. The highest BCUT2D eigenvalue weighted by atomic mass is 32.1. The van der Waals surface area contributed by atoms with Crippen LogP contribution in [0.2, 0.25) is 0 Å². The molecule has 7 heteroatoms. The molecule has 3 N–H and O–H groups in total. The summed E-state index contributed by atoms with van der Waals surface area (Å²) in [7, 11) is 0. The van der Waals surface area contributed by atoms with E-state index >= 15 is 0 Å². The van der Waals surface area contributed by atoms with E-state index in [2.05, 4.69) is 35.0 Å². The molecule has 35 heavy (non-hydrogen) atoms. The first-order valence-corrected chi connectivity index (χ1v) is 13.1. The Bertz CT molecular complexity index is 1140. The van der Waals surface area contributed by atoms with Crippen molar-refractivity contribution in [3.05, 3.63) is 76.2 Å². The van der Waals surface area contributed by atoms with Crippen molar-refractivity contribution < 1.29 is 14.3 Å². The zero-order valence-corrected chi connectivity index (χ0v) is 21.2. The first-order valence-electron chi connectivity index (χ1n) is 12.3. The summed E-state index contributed by atoms with van der Waals surface area (Å²) < 4.78 is 5.49. The van der Waals surface area contributed by atoms with Gasteiger partial charge in [-0.05, 0) is 80.5 Å². The number of fused-ring (bicyclic) bond motifs is 1. The minimum Gasteiger partial charge on any atom is -0.494 e. The molecule has 3 aromatic rings. The van der Waals surface area contributed by atoms with E-state index in [0.717, 1.165) is 37.0 Å². The quantitative estimate of drug-likeness (QED) is 0.337. The molecule has 4 rings (SSSR count). The van der Waals surface area contributed by atoms with Gasteiger partial charge in [-0.1, -0.05) is 37.3 Å². The van der Waals surface area contributed by atoms with Gasteiger partial charge in [0.2, 0.25) is 5.91 Å². The van der Waals surface area contributed by atoms with Crippen molar-refractivity contribution in [2.75, 3.05) is 30.3 Å². The maximum atomic E-state index is 13.4. The van der Waals surface area contributed by atoms with E-state index < -0.39 is 0 Å². The number of amides is 2. The van der Waals surface area contributed by atoms with Gasteiger partial charge in [-0.15, -0.1) is 11.3 Å². The molecule has 0 spiro atoms. The molecule has 0 fully saturated rings. The van der Waals surface area contributed by atoms with Crippen molar-refractivity contribution in [2.24, 2.45) is 5.92 Å². The second-order valence-electron chi connectivity index (χ2n) is 8.93. The fraction of sp³-hybridized carbons (Fsp3) is 0.357. The van der Waals surface area contributed by atoms with Crippen LogP contribution >= 0.6 is 11.3 Å². The van der Waals surface area contributed by atoms with Crippen LogP contribution < -0.4 is 20.7 Å². The van der Waals surface area contributed by atoms with Gasteiger partial charge >= 0.3 is 0 Å². The van der Waals surface area contributed by atoms with Crippen LogP contribution in [0.15, 0.2) is 54.6 Å². The summed E-state index contributed by atoms with van der Waals surface area (Å²) in [5.41, 5.74) is 3.60. The van der Waals surface area contributed by atoms with Crippen LogP contribution in [0.25, 0.3) is 0 Å². The number of hydrogen-bond acceptors (Lipinski definition) is 5. The van der Waals surface area contributed by atoms with Crippen molar-refractivity contribution in [3.63, 3.8) is 0 Å². The number of carbonyl (C=O) groups excluding carboxylic acids is 2. The fourth-order valence-corrected chi connectivity index (χ4v) is 5.75. The molecule has 1 heterocycles. The van der Waals surface area contributed by atoms with E-state index in [1.54, 1.807) is 0 Å². The molecule has 0 unspecified atom stereocenters. The summed E-state index contributed by atoms with van der Waals surface area (Å²) in [6, 6.07) is 17.5. The number of benzene rings is 2. The van der Waals surface area contributed by atoms with Crippen LogP contribution in [0.3, 0.4) is 0 Å². The average Bonchev–Trinajstić information content (AvgIpc) is 3.20. The number of rotatable bonds is 10. The van der Waals surface area contributed by atoms with Gasteiger partial charge in [-0.3, -0.25) is 9.59 Å². The second kappa shape index (κ2) is 12.0. The molecule has 0 bridgehead atoms. The Balaban J connectivity index is 1.42. The smallest absolute Gasteiger partial charge is 0.258 e. The highest BCUT2D eigenvalue weighted by Crippen LogP contribution is 2.40. The van der Waals surface area contributed by atoms with Crippen molar-refractivity contribution in [1.29, 1.82) is 0 Å². The Morgan fingerprint density at radius 1 is 1.06 bits per heavy atom. The van der Waals surface area contributed by atoms with Gasteiger partial charge in [0.25, 0.3) is 5.91 Å². The molecule has 1 aliphatic rings. The molecular weight excluding hydrogens is 458 g/mol. The van der Waals surface area contributed by atoms with Crippen LogP contribution in [0, 0.1) is 5.92 Å².